The first-order valence-electron chi connectivity index (χ1n) is 4.90. The largest absolute Gasteiger partial charge is 0.464 e. The Kier molecular flexibility index (Phi) is 4.80. The third-order valence-corrected chi connectivity index (χ3v) is 1.83. The Morgan fingerprint density at radius 3 is 2.88 bits per heavy atom. The number of rotatable bonds is 5. The molecule has 1 aromatic heterocycles. The SMILES string of the molecule is C#CCC(C)Nc1nc(Cl)nc(OCC)n1. The molecule has 6 heteroatoms. The number of ether oxygens (including phenoxy) is 1. The fourth-order valence-electron chi connectivity index (χ4n) is 1.04. The molecule has 1 aromatic rings. The Balaban J connectivity index is 2.76. The molecule has 0 aliphatic rings. The van der Waals surface area contributed by atoms with Gasteiger partial charge in [0.2, 0.25) is 11.2 Å². The van der Waals surface area contributed by atoms with Gasteiger partial charge in [0.1, 0.15) is 0 Å². The minimum Gasteiger partial charge on any atom is -0.464 e. The first kappa shape index (κ1) is 12.5. The quantitative estimate of drug-likeness (QED) is 0.795. The average molecular weight is 241 g/mol. The van der Waals surface area contributed by atoms with Gasteiger partial charge in [0, 0.05) is 12.5 Å². The molecule has 0 saturated heterocycles. The zero-order chi connectivity index (χ0) is 12.0. The molecule has 0 aliphatic carbocycles. The maximum absolute atomic E-state index is 5.72. The van der Waals surface area contributed by atoms with Crippen LogP contribution in [0.4, 0.5) is 5.95 Å². The summed E-state index contributed by atoms with van der Waals surface area (Å²) in [6.07, 6.45) is 5.77. The van der Waals surface area contributed by atoms with E-state index in [1.807, 2.05) is 13.8 Å². The standard InChI is InChI=1S/C10H13ClN4O/c1-4-6-7(3)12-9-13-8(11)14-10(15-9)16-5-2/h1,7H,5-6H2,2-3H3,(H,12,13,14,15). The summed E-state index contributed by atoms with van der Waals surface area (Å²) in [7, 11) is 0. The van der Waals surface area contributed by atoms with Crippen molar-refractivity contribution in [1.29, 1.82) is 0 Å². The number of hydrogen-bond donors (Lipinski definition) is 1. The van der Waals surface area contributed by atoms with Gasteiger partial charge < -0.3 is 10.1 Å². The lowest BCUT2D eigenvalue weighted by Crippen LogP contribution is -2.17. The summed E-state index contributed by atoms with van der Waals surface area (Å²) < 4.78 is 5.14. The normalized spacial score (nSPS) is 11.6. The summed E-state index contributed by atoms with van der Waals surface area (Å²) in [6, 6.07) is 0.274. The zero-order valence-electron chi connectivity index (χ0n) is 9.20. The van der Waals surface area contributed by atoms with Crippen molar-refractivity contribution in [3.05, 3.63) is 5.28 Å². The molecule has 1 heterocycles. The highest BCUT2D eigenvalue weighted by atomic mass is 35.5. The van der Waals surface area contributed by atoms with E-state index in [0.29, 0.717) is 19.0 Å². The maximum Gasteiger partial charge on any atom is 0.322 e. The second kappa shape index (κ2) is 6.13. The number of nitrogens with zero attached hydrogens (tertiary/aromatic N) is 3. The van der Waals surface area contributed by atoms with Gasteiger partial charge in [-0.15, -0.1) is 12.3 Å². The second-order valence-corrected chi connectivity index (χ2v) is 3.44. The molecule has 0 saturated carbocycles. The fourth-order valence-corrected chi connectivity index (χ4v) is 1.19. The molecule has 16 heavy (non-hydrogen) atoms. The van der Waals surface area contributed by atoms with E-state index < -0.39 is 0 Å². The monoisotopic (exact) mass is 240 g/mol. The van der Waals surface area contributed by atoms with Crippen LogP contribution in [0, 0.1) is 12.3 Å². The summed E-state index contributed by atoms with van der Waals surface area (Å²) in [6.45, 7) is 4.24. The fraction of sp³-hybridized carbons (Fsp3) is 0.500. The first-order valence-corrected chi connectivity index (χ1v) is 5.27. The van der Waals surface area contributed by atoms with E-state index in [9.17, 15) is 0 Å². The third kappa shape index (κ3) is 3.91. The van der Waals surface area contributed by atoms with Crippen LogP contribution in [0.2, 0.25) is 5.28 Å². The Morgan fingerprint density at radius 1 is 1.50 bits per heavy atom. The highest BCUT2D eigenvalue weighted by Gasteiger charge is 2.07. The average Bonchev–Trinajstić information content (AvgIpc) is 2.17. The molecule has 0 aromatic carbocycles. The second-order valence-electron chi connectivity index (χ2n) is 3.10. The van der Waals surface area contributed by atoms with E-state index in [1.165, 1.54) is 0 Å². The molecule has 0 aliphatic heterocycles. The molecule has 0 spiro atoms. The van der Waals surface area contributed by atoms with Gasteiger partial charge in [-0.3, -0.25) is 0 Å². The Bertz CT molecular complexity index is 391. The highest BCUT2D eigenvalue weighted by Crippen LogP contribution is 2.12. The van der Waals surface area contributed by atoms with E-state index in [4.69, 9.17) is 22.8 Å². The minimum atomic E-state index is 0.0675. The van der Waals surface area contributed by atoms with E-state index in [0.717, 1.165) is 0 Å². The van der Waals surface area contributed by atoms with Crippen LogP contribution in [0.5, 0.6) is 6.01 Å². The molecular formula is C10H13ClN4O. The Morgan fingerprint density at radius 2 is 2.25 bits per heavy atom. The van der Waals surface area contributed by atoms with Gasteiger partial charge in [0.05, 0.1) is 6.61 Å². The molecule has 1 rings (SSSR count). The van der Waals surface area contributed by atoms with Crippen LogP contribution in [-0.4, -0.2) is 27.6 Å². The van der Waals surface area contributed by atoms with Crippen LogP contribution in [0.3, 0.4) is 0 Å². The Hall–Kier alpha value is -1.54. The van der Waals surface area contributed by atoms with Crippen molar-refractivity contribution in [2.75, 3.05) is 11.9 Å². The number of anilines is 1. The minimum absolute atomic E-state index is 0.0675. The van der Waals surface area contributed by atoms with Crippen LogP contribution >= 0.6 is 11.6 Å². The topological polar surface area (TPSA) is 59.9 Å². The van der Waals surface area contributed by atoms with Crippen molar-refractivity contribution in [2.45, 2.75) is 26.3 Å². The van der Waals surface area contributed by atoms with Crippen LogP contribution in [0.1, 0.15) is 20.3 Å². The van der Waals surface area contributed by atoms with Gasteiger partial charge in [0.25, 0.3) is 0 Å². The summed E-state index contributed by atoms with van der Waals surface area (Å²) in [5, 5.41) is 3.10. The Labute approximate surface area is 99.6 Å². The number of aromatic nitrogens is 3. The van der Waals surface area contributed by atoms with Gasteiger partial charge in [-0.2, -0.15) is 15.0 Å². The highest BCUT2D eigenvalue weighted by molar-refractivity contribution is 6.28. The van der Waals surface area contributed by atoms with Gasteiger partial charge in [-0.25, -0.2) is 0 Å². The molecule has 0 amide bonds. The number of halogens is 1. The summed E-state index contributed by atoms with van der Waals surface area (Å²) >= 11 is 5.72. The van der Waals surface area contributed by atoms with E-state index in [-0.39, 0.29) is 17.3 Å². The predicted octanol–water partition coefficient (Wildman–Crippen LogP) is 1.75. The summed E-state index contributed by atoms with van der Waals surface area (Å²) in [5.41, 5.74) is 0. The molecule has 5 nitrogen and oxygen atoms in total. The third-order valence-electron chi connectivity index (χ3n) is 1.66. The molecule has 0 fully saturated rings. The molecule has 0 bridgehead atoms. The number of terminal acetylenes is 1. The van der Waals surface area contributed by atoms with Crippen LogP contribution < -0.4 is 10.1 Å². The van der Waals surface area contributed by atoms with Crippen molar-refractivity contribution in [2.24, 2.45) is 0 Å². The van der Waals surface area contributed by atoms with Crippen molar-refractivity contribution < 1.29 is 4.74 Å². The maximum atomic E-state index is 5.72. The smallest absolute Gasteiger partial charge is 0.322 e. The molecule has 86 valence electrons. The van der Waals surface area contributed by atoms with Crippen LogP contribution in [-0.2, 0) is 0 Å². The van der Waals surface area contributed by atoms with Gasteiger partial charge in [0.15, 0.2) is 0 Å². The van der Waals surface area contributed by atoms with Crippen LogP contribution in [0.15, 0.2) is 0 Å². The molecule has 1 atom stereocenters. The van der Waals surface area contributed by atoms with Gasteiger partial charge in [-0.1, -0.05) is 0 Å². The van der Waals surface area contributed by atoms with E-state index in [1.54, 1.807) is 0 Å². The number of hydrogen-bond acceptors (Lipinski definition) is 5. The number of nitrogens with one attached hydrogen (secondary N) is 1. The molecular weight excluding hydrogens is 228 g/mol. The van der Waals surface area contributed by atoms with Crippen molar-refractivity contribution in [3.63, 3.8) is 0 Å². The molecule has 0 radical (unpaired) electrons. The zero-order valence-corrected chi connectivity index (χ0v) is 9.95. The van der Waals surface area contributed by atoms with Crippen molar-refractivity contribution in [3.8, 4) is 18.4 Å². The van der Waals surface area contributed by atoms with Crippen LogP contribution in [0.25, 0.3) is 0 Å². The molecule has 1 N–H and O–H groups in total. The van der Waals surface area contributed by atoms with E-state index >= 15 is 0 Å². The van der Waals surface area contributed by atoms with Gasteiger partial charge in [-0.05, 0) is 25.4 Å². The summed E-state index contributed by atoms with van der Waals surface area (Å²) in [5.74, 6) is 2.91. The summed E-state index contributed by atoms with van der Waals surface area (Å²) in [4.78, 5) is 11.8. The first-order chi connectivity index (χ1) is 7.65. The van der Waals surface area contributed by atoms with E-state index in [2.05, 4.69) is 26.2 Å². The van der Waals surface area contributed by atoms with Crippen molar-refractivity contribution >= 4 is 17.5 Å². The lowest BCUT2D eigenvalue weighted by atomic mass is 10.2. The van der Waals surface area contributed by atoms with Crippen molar-refractivity contribution in [1.82, 2.24) is 15.0 Å². The predicted molar refractivity (Wildman–Crippen MR) is 62.5 cm³/mol. The van der Waals surface area contributed by atoms with Gasteiger partial charge >= 0.3 is 6.01 Å². The lowest BCUT2D eigenvalue weighted by molar-refractivity contribution is 0.312. The molecule has 1 unspecified atom stereocenters. The lowest BCUT2D eigenvalue weighted by Gasteiger charge is -2.11.